The van der Waals surface area contributed by atoms with Gasteiger partial charge in [0.25, 0.3) is 0 Å². The molecule has 0 unspecified atom stereocenters. The van der Waals surface area contributed by atoms with E-state index in [0.717, 1.165) is 32.6 Å². The SMILES string of the molecule is [CH2]COc1cc2sc(-c3cc(C)cc4nc(COC)cnc34)nc2c(Cl)c1F. The van der Waals surface area contributed by atoms with E-state index < -0.39 is 5.82 Å². The van der Waals surface area contributed by atoms with Crippen molar-refractivity contribution in [2.75, 3.05) is 13.7 Å². The molecule has 5 nitrogen and oxygen atoms in total. The summed E-state index contributed by atoms with van der Waals surface area (Å²) in [7, 11) is 1.62. The summed E-state index contributed by atoms with van der Waals surface area (Å²) < 4.78 is 25.5. The second-order valence-electron chi connectivity index (χ2n) is 6.19. The number of thiazole rings is 1. The normalized spacial score (nSPS) is 11.5. The van der Waals surface area contributed by atoms with Gasteiger partial charge in [-0.15, -0.1) is 11.3 Å². The molecule has 2 heterocycles. The van der Waals surface area contributed by atoms with Crippen LogP contribution in [-0.2, 0) is 11.3 Å². The molecule has 0 bridgehead atoms. The average molecular weight is 417 g/mol. The van der Waals surface area contributed by atoms with Crippen LogP contribution >= 0.6 is 22.9 Å². The van der Waals surface area contributed by atoms with Gasteiger partial charge >= 0.3 is 0 Å². The second-order valence-corrected chi connectivity index (χ2v) is 7.60. The lowest BCUT2D eigenvalue weighted by atomic mass is 10.1. The van der Waals surface area contributed by atoms with Gasteiger partial charge < -0.3 is 9.47 Å². The van der Waals surface area contributed by atoms with Crippen molar-refractivity contribution >= 4 is 44.2 Å². The number of nitrogens with zero attached hydrogens (tertiary/aromatic N) is 3. The molecule has 4 aromatic rings. The highest BCUT2D eigenvalue weighted by Crippen LogP contribution is 2.40. The monoisotopic (exact) mass is 416 g/mol. The van der Waals surface area contributed by atoms with Gasteiger partial charge in [0.15, 0.2) is 11.6 Å². The summed E-state index contributed by atoms with van der Waals surface area (Å²) in [6.45, 7) is 6.05. The quantitative estimate of drug-likeness (QED) is 0.438. The van der Waals surface area contributed by atoms with Crippen molar-refractivity contribution in [1.82, 2.24) is 15.0 Å². The van der Waals surface area contributed by atoms with Crippen LogP contribution in [0.2, 0.25) is 5.02 Å². The van der Waals surface area contributed by atoms with Gasteiger partial charge in [-0.2, -0.15) is 0 Å². The Bertz CT molecular complexity index is 1200. The number of fused-ring (bicyclic) bond motifs is 2. The smallest absolute Gasteiger partial charge is 0.185 e. The predicted molar refractivity (Wildman–Crippen MR) is 109 cm³/mol. The number of aromatic nitrogens is 3. The van der Waals surface area contributed by atoms with Crippen LogP contribution in [-0.4, -0.2) is 28.7 Å². The molecule has 0 fully saturated rings. The lowest BCUT2D eigenvalue weighted by molar-refractivity contribution is 0.181. The van der Waals surface area contributed by atoms with Crippen LogP contribution in [0.25, 0.3) is 31.8 Å². The first-order valence-corrected chi connectivity index (χ1v) is 9.67. The molecular formula is C20H16ClFN3O2S. The fraction of sp³-hybridized carbons (Fsp3) is 0.200. The van der Waals surface area contributed by atoms with Crippen LogP contribution in [0.5, 0.6) is 5.75 Å². The van der Waals surface area contributed by atoms with Crippen LogP contribution in [0.3, 0.4) is 0 Å². The van der Waals surface area contributed by atoms with E-state index in [1.54, 1.807) is 19.4 Å². The number of hydrogen-bond donors (Lipinski definition) is 0. The molecule has 0 aliphatic carbocycles. The first kappa shape index (κ1) is 19.0. The van der Waals surface area contributed by atoms with Crippen LogP contribution in [0.15, 0.2) is 24.4 Å². The van der Waals surface area contributed by atoms with Gasteiger partial charge in [0, 0.05) is 18.7 Å². The zero-order valence-corrected chi connectivity index (χ0v) is 16.8. The Balaban J connectivity index is 1.92. The molecule has 2 aromatic heterocycles. The molecule has 0 aliphatic rings. The molecule has 28 heavy (non-hydrogen) atoms. The Kier molecular flexibility index (Phi) is 5.14. The van der Waals surface area contributed by atoms with Gasteiger partial charge in [-0.25, -0.2) is 14.4 Å². The first-order valence-electron chi connectivity index (χ1n) is 8.48. The molecule has 4 rings (SSSR count). The molecule has 2 aromatic carbocycles. The van der Waals surface area contributed by atoms with Crippen molar-refractivity contribution in [3.8, 4) is 16.3 Å². The number of benzene rings is 2. The van der Waals surface area contributed by atoms with Gasteiger partial charge in [0.05, 0.1) is 40.8 Å². The standard InChI is InChI=1S/C20H16ClFN3O2S/c1-4-27-14-7-15-19(16(21)17(14)22)25-20(28-15)12-5-10(2)6-13-18(12)23-8-11(24-13)9-26-3/h5-8H,1,4,9H2,2-3H3. The molecular weight excluding hydrogens is 401 g/mol. The van der Waals surface area contributed by atoms with Gasteiger partial charge in [0.2, 0.25) is 0 Å². The zero-order valence-electron chi connectivity index (χ0n) is 15.3. The number of methoxy groups -OCH3 is 1. The van der Waals surface area contributed by atoms with Crippen LogP contribution in [0.4, 0.5) is 4.39 Å². The number of rotatable bonds is 5. The van der Waals surface area contributed by atoms with Crippen molar-refractivity contribution in [2.45, 2.75) is 13.5 Å². The Labute approximate surface area is 170 Å². The van der Waals surface area contributed by atoms with Crippen LogP contribution in [0.1, 0.15) is 11.3 Å². The third-order valence-electron chi connectivity index (χ3n) is 4.15. The summed E-state index contributed by atoms with van der Waals surface area (Å²) in [5.74, 6) is -0.562. The number of aryl methyl sites for hydroxylation is 1. The minimum absolute atomic E-state index is 0.0612. The fourth-order valence-electron chi connectivity index (χ4n) is 3.00. The minimum atomic E-state index is -0.632. The van der Waals surface area contributed by atoms with Gasteiger partial charge in [-0.1, -0.05) is 11.6 Å². The molecule has 0 amide bonds. The summed E-state index contributed by atoms with van der Waals surface area (Å²) in [6.07, 6.45) is 1.69. The van der Waals surface area contributed by atoms with Crippen LogP contribution in [0, 0.1) is 19.7 Å². The second kappa shape index (κ2) is 7.58. The van der Waals surface area contributed by atoms with Crippen molar-refractivity contribution < 1.29 is 13.9 Å². The highest BCUT2D eigenvalue weighted by atomic mass is 35.5. The molecule has 0 spiro atoms. The third kappa shape index (κ3) is 3.30. The molecule has 0 saturated heterocycles. The Morgan fingerprint density at radius 3 is 2.79 bits per heavy atom. The summed E-state index contributed by atoms with van der Waals surface area (Å²) in [4.78, 5) is 13.7. The number of ether oxygens (including phenoxy) is 2. The van der Waals surface area contributed by atoms with E-state index in [9.17, 15) is 4.39 Å². The predicted octanol–water partition coefficient (Wildman–Crippen LogP) is 5.37. The minimum Gasteiger partial charge on any atom is -0.490 e. The average Bonchev–Trinajstić information content (AvgIpc) is 3.09. The number of halogens is 2. The Morgan fingerprint density at radius 2 is 2.04 bits per heavy atom. The van der Waals surface area contributed by atoms with E-state index in [2.05, 4.69) is 21.9 Å². The maximum Gasteiger partial charge on any atom is 0.185 e. The van der Waals surface area contributed by atoms with Crippen LogP contribution < -0.4 is 4.74 Å². The Hall–Kier alpha value is -2.35. The van der Waals surface area contributed by atoms with E-state index >= 15 is 0 Å². The molecule has 0 atom stereocenters. The topological polar surface area (TPSA) is 57.1 Å². The molecule has 0 saturated carbocycles. The molecule has 0 aliphatic heterocycles. The Morgan fingerprint density at radius 1 is 1.21 bits per heavy atom. The highest BCUT2D eigenvalue weighted by Gasteiger charge is 2.19. The molecule has 8 heteroatoms. The summed E-state index contributed by atoms with van der Waals surface area (Å²) >= 11 is 7.60. The van der Waals surface area contributed by atoms with Crippen molar-refractivity contribution in [3.05, 3.63) is 53.4 Å². The first-order chi connectivity index (χ1) is 13.5. The van der Waals surface area contributed by atoms with E-state index in [1.807, 2.05) is 19.1 Å². The van der Waals surface area contributed by atoms with E-state index in [-0.39, 0.29) is 17.4 Å². The zero-order chi connectivity index (χ0) is 19.8. The van der Waals surface area contributed by atoms with Gasteiger partial charge in [-0.3, -0.25) is 4.98 Å². The lowest BCUT2D eigenvalue weighted by Gasteiger charge is -2.06. The van der Waals surface area contributed by atoms with E-state index in [4.69, 9.17) is 21.1 Å². The largest absolute Gasteiger partial charge is 0.490 e. The summed E-state index contributed by atoms with van der Waals surface area (Å²) in [5, 5.41) is 0.624. The highest BCUT2D eigenvalue weighted by molar-refractivity contribution is 7.21. The molecule has 1 radical (unpaired) electrons. The van der Waals surface area contributed by atoms with E-state index in [0.29, 0.717) is 17.1 Å². The molecule has 0 N–H and O–H groups in total. The lowest BCUT2D eigenvalue weighted by Crippen LogP contribution is -1.96. The fourth-order valence-corrected chi connectivity index (χ4v) is 4.31. The summed E-state index contributed by atoms with van der Waals surface area (Å²) in [6, 6.07) is 5.55. The van der Waals surface area contributed by atoms with Crippen molar-refractivity contribution in [1.29, 1.82) is 0 Å². The maximum absolute atomic E-state index is 14.4. The third-order valence-corrected chi connectivity index (χ3v) is 5.53. The molecule has 143 valence electrons. The maximum atomic E-state index is 14.4. The number of hydrogen-bond acceptors (Lipinski definition) is 6. The van der Waals surface area contributed by atoms with Gasteiger partial charge in [-0.05, 0) is 31.5 Å². The van der Waals surface area contributed by atoms with E-state index in [1.165, 1.54) is 11.3 Å². The van der Waals surface area contributed by atoms with Crippen molar-refractivity contribution in [2.24, 2.45) is 0 Å². The van der Waals surface area contributed by atoms with Crippen molar-refractivity contribution in [3.63, 3.8) is 0 Å². The summed E-state index contributed by atoms with van der Waals surface area (Å²) in [5.41, 5.74) is 4.45. The van der Waals surface area contributed by atoms with Gasteiger partial charge in [0.1, 0.15) is 15.5 Å².